The number of ether oxygens (including phenoxy) is 2. The van der Waals surface area contributed by atoms with Crippen LogP contribution in [0.4, 0.5) is 0 Å². The summed E-state index contributed by atoms with van der Waals surface area (Å²) in [5, 5.41) is 5.55. The number of hydrogen-bond acceptors (Lipinski definition) is 2. The lowest BCUT2D eigenvalue weighted by Crippen LogP contribution is -2.23. The molecule has 0 fully saturated rings. The van der Waals surface area contributed by atoms with Crippen molar-refractivity contribution in [1.29, 1.82) is 0 Å². The molecule has 1 atom stereocenters. The van der Waals surface area contributed by atoms with Crippen LogP contribution in [0.25, 0.3) is 21.5 Å². The van der Waals surface area contributed by atoms with Gasteiger partial charge in [0.25, 0.3) is 0 Å². The molecule has 0 spiro atoms. The van der Waals surface area contributed by atoms with E-state index in [1.165, 1.54) is 65.6 Å². The summed E-state index contributed by atoms with van der Waals surface area (Å²) in [5.74, 6) is 0. The van der Waals surface area contributed by atoms with Crippen molar-refractivity contribution in [2.45, 2.75) is 70.8 Å². The minimum Gasteiger partial charge on any atom is -0.497 e. The second-order valence-electron chi connectivity index (χ2n) is 9.18. The summed E-state index contributed by atoms with van der Waals surface area (Å²) in [7, 11) is 0. The molecule has 3 aromatic rings. The molecule has 1 unspecified atom stereocenters. The third kappa shape index (κ3) is 6.48. The Labute approximate surface area is 199 Å². The largest absolute Gasteiger partial charge is 0.497 e. The Kier molecular flexibility index (Phi) is 9.00. The van der Waals surface area contributed by atoms with E-state index in [4.69, 9.17) is 9.47 Å². The van der Waals surface area contributed by atoms with Gasteiger partial charge in [-0.1, -0.05) is 93.6 Å². The van der Waals surface area contributed by atoms with Crippen molar-refractivity contribution in [3.8, 4) is 0 Å². The number of unbranched alkanes of at least 4 members (excludes halogenated alkanes) is 5. The van der Waals surface area contributed by atoms with Crippen molar-refractivity contribution in [2.24, 2.45) is 0 Å². The third-order valence-electron chi connectivity index (χ3n) is 6.76. The number of rotatable bonds is 8. The predicted octanol–water partition coefficient (Wildman–Crippen LogP) is 8.31. The lowest BCUT2D eigenvalue weighted by Gasteiger charge is -2.26. The third-order valence-corrected chi connectivity index (χ3v) is 6.76. The van der Waals surface area contributed by atoms with E-state index in [1.54, 1.807) is 11.8 Å². The van der Waals surface area contributed by atoms with E-state index in [-0.39, 0.29) is 0 Å². The van der Waals surface area contributed by atoms with Crippen molar-refractivity contribution >= 4 is 21.5 Å². The summed E-state index contributed by atoms with van der Waals surface area (Å²) in [4.78, 5) is 0. The highest BCUT2D eigenvalue weighted by Gasteiger charge is 2.21. The molecule has 1 heterocycles. The first-order valence-electron chi connectivity index (χ1n) is 12.8. The van der Waals surface area contributed by atoms with Crippen LogP contribution in [0.3, 0.4) is 0 Å². The Bertz CT molecular complexity index is 1070. The van der Waals surface area contributed by atoms with Crippen LogP contribution >= 0.6 is 0 Å². The fourth-order valence-electron chi connectivity index (χ4n) is 4.96. The highest BCUT2D eigenvalue weighted by molar-refractivity contribution is 6.08. The normalized spacial score (nSPS) is 16.8. The molecule has 1 aliphatic heterocycles. The Balaban J connectivity index is 0.000000376. The van der Waals surface area contributed by atoms with Gasteiger partial charge in [0.1, 0.15) is 6.61 Å². The average molecular weight is 443 g/mol. The van der Waals surface area contributed by atoms with Gasteiger partial charge in [0.15, 0.2) is 0 Å². The first-order chi connectivity index (χ1) is 16.4. The van der Waals surface area contributed by atoms with Gasteiger partial charge in [0.2, 0.25) is 0 Å². The van der Waals surface area contributed by atoms with E-state index in [2.05, 4.69) is 55.5 Å². The summed E-state index contributed by atoms with van der Waals surface area (Å²) in [6, 6.07) is 18.0. The van der Waals surface area contributed by atoms with Crippen molar-refractivity contribution in [3.05, 3.63) is 84.1 Å². The molecule has 0 saturated carbocycles. The Hall–Kier alpha value is -2.58. The standard InChI is InChI=1S/C26H32O.C5H6O/c1-2-3-4-5-6-9-18-27-22-14-17-24-21(19-22)13-16-25-23-11-8-7-10-20(23)12-15-26(24)25;1-2-4-6-5-3-1/h7-8,10-13,15-16,22H,2-6,9,14,17-19H2,1H3;1-4H,5H2. The SMILES string of the molecule is C1=CCOC=C1.CCCCCCCCOC1CCc2c(ccc3c2ccc2ccccc23)C1. The lowest BCUT2D eigenvalue weighted by molar-refractivity contribution is 0.0418. The smallest absolute Gasteiger partial charge is 0.106 e. The first-order valence-corrected chi connectivity index (χ1v) is 12.8. The van der Waals surface area contributed by atoms with Gasteiger partial charge in [-0.25, -0.2) is 0 Å². The molecule has 1 aliphatic carbocycles. The topological polar surface area (TPSA) is 18.5 Å². The monoisotopic (exact) mass is 442 g/mol. The van der Waals surface area contributed by atoms with Crippen molar-refractivity contribution in [1.82, 2.24) is 0 Å². The van der Waals surface area contributed by atoms with Crippen LogP contribution in [0.15, 0.2) is 73.0 Å². The highest BCUT2D eigenvalue weighted by Crippen LogP contribution is 2.34. The molecule has 174 valence electrons. The van der Waals surface area contributed by atoms with Crippen LogP contribution in [0.1, 0.15) is 63.0 Å². The molecule has 2 nitrogen and oxygen atoms in total. The maximum atomic E-state index is 6.23. The molecule has 3 aromatic carbocycles. The van der Waals surface area contributed by atoms with Crippen molar-refractivity contribution in [3.63, 3.8) is 0 Å². The van der Waals surface area contributed by atoms with Gasteiger partial charge in [-0.2, -0.15) is 0 Å². The molecule has 5 rings (SSSR count). The summed E-state index contributed by atoms with van der Waals surface area (Å²) in [6.45, 7) is 3.94. The maximum absolute atomic E-state index is 6.23. The molecule has 0 saturated heterocycles. The van der Waals surface area contributed by atoms with Gasteiger partial charge in [0.05, 0.1) is 12.4 Å². The van der Waals surface area contributed by atoms with Gasteiger partial charge >= 0.3 is 0 Å². The van der Waals surface area contributed by atoms with E-state index in [0.29, 0.717) is 6.10 Å². The quantitative estimate of drug-likeness (QED) is 0.258. The summed E-state index contributed by atoms with van der Waals surface area (Å²) < 4.78 is 11.0. The van der Waals surface area contributed by atoms with Crippen LogP contribution in [0, 0.1) is 0 Å². The number of benzene rings is 3. The van der Waals surface area contributed by atoms with Crippen molar-refractivity contribution < 1.29 is 9.47 Å². The molecule has 0 bridgehead atoms. The predicted molar refractivity (Wildman–Crippen MR) is 141 cm³/mol. The highest BCUT2D eigenvalue weighted by atomic mass is 16.5. The second kappa shape index (κ2) is 12.6. The molecule has 0 radical (unpaired) electrons. The molecule has 0 aromatic heterocycles. The number of hydrogen-bond donors (Lipinski definition) is 0. The van der Waals surface area contributed by atoms with E-state index < -0.39 is 0 Å². The van der Waals surface area contributed by atoms with Gasteiger partial charge in [-0.05, 0) is 70.5 Å². The molecular weight excluding hydrogens is 404 g/mol. The fourth-order valence-corrected chi connectivity index (χ4v) is 4.96. The summed E-state index contributed by atoms with van der Waals surface area (Å²) >= 11 is 0. The van der Waals surface area contributed by atoms with E-state index in [9.17, 15) is 0 Å². The maximum Gasteiger partial charge on any atom is 0.106 e. The Morgan fingerprint density at radius 2 is 1.70 bits per heavy atom. The van der Waals surface area contributed by atoms with Crippen LogP contribution in [-0.4, -0.2) is 19.3 Å². The number of fused-ring (bicyclic) bond motifs is 5. The summed E-state index contributed by atoms with van der Waals surface area (Å²) in [5.41, 5.74) is 3.05. The zero-order valence-corrected chi connectivity index (χ0v) is 20.1. The Morgan fingerprint density at radius 3 is 2.48 bits per heavy atom. The van der Waals surface area contributed by atoms with E-state index in [1.807, 2.05) is 18.2 Å². The Morgan fingerprint density at radius 1 is 0.848 bits per heavy atom. The van der Waals surface area contributed by atoms with Gasteiger partial charge in [0, 0.05) is 6.61 Å². The van der Waals surface area contributed by atoms with E-state index >= 15 is 0 Å². The van der Waals surface area contributed by atoms with E-state index in [0.717, 1.165) is 32.5 Å². The first kappa shape index (κ1) is 23.6. The molecule has 2 heteroatoms. The van der Waals surface area contributed by atoms with Gasteiger partial charge in [-0.15, -0.1) is 0 Å². The number of aryl methyl sites for hydroxylation is 1. The number of allylic oxidation sites excluding steroid dienone is 2. The van der Waals surface area contributed by atoms with Crippen LogP contribution in [-0.2, 0) is 22.3 Å². The molecule has 2 aliphatic rings. The minimum absolute atomic E-state index is 0.408. The van der Waals surface area contributed by atoms with Crippen LogP contribution < -0.4 is 0 Å². The molecule has 33 heavy (non-hydrogen) atoms. The molecular formula is C31H38O2. The van der Waals surface area contributed by atoms with Crippen molar-refractivity contribution in [2.75, 3.05) is 13.2 Å². The molecule has 0 N–H and O–H groups in total. The fraction of sp³-hybridized carbons (Fsp3) is 0.419. The molecule has 0 amide bonds. The van der Waals surface area contributed by atoms with Crippen LogP contribution in [0.2, 0.25) is 0 Å². The lowest BCUT2D eigenvalue weighted by atomic mass is 9.85. The zero-order valence-electron chi connectivity index (χ0n) is 20.1. The van der Waals surface area contributed by atoms with Gasteiger partial charge < -0.3 is 9.47 Å². The van der Waals surface area contributed by atoms with Gasteiger partial charge in [-0.3, -0.25) is 0 Å². The zero-order chi connectivity index (χ0) is 22.7. The average Bonchev–Trinajstić information content (AvgIpc) is 2.89. The minimum atomic E-state index is 0.408. The van der Waals surface area contributed by atoms with Crippen LogP contribution in [0.5, 0.6) is 0 Å². The second-order valence-corrected chi connectivity index (χ2v) is 9.18. The summed E-state index contributed by atoms with van der Waals surface area (Å²) in [6.07, 6.45) is 19.2.